The molecule has 10 rings (SSSR count). The van der Waals surface area contributed by atoms with Crippen LogP contribution >= 0.6 is 15.9 Å². The Morgan fingerprint density at radius 1 is 0.378 bits per heavy atom. The summed E-state index contributed by atoms with van der Waals surface area (Å²) in [5, 5.41) is 2.58. The predicted octanol–water partition coefficient (Wildman–Crippen LogP) is 11.9. The van der Waals surface area contributed by atoms with Gasteiger partial charge in [-0.1, -0.05) is 133 Å². The van der Waals surface area contributed by atoms with E-state index in [1.54, 1.807) is 0 Å². The van der Waals surface area contributed by atoms with E-state index < -0.39 is 0 Å². The molecule has 0 unspecified atom stereocenters. The van der Waals surface area contributed by atoms with Crippen LogP contribution < -0.4 is 0 Å². The smallest absolute Gasteiger partial charge is 0.0619 e. The summed E-state index contributed by atoms with van der Waals surface area (Å²) in [5.41, 5.74) is 18.5. The topological polar surface area (TPSA) is 0 Å². The van der Waals surface area contributed by atoms with Gasteiger partial charge >= 0.3 is 0 Å². The second kappa shape index (κ2) is 8.71. The van der Waals surface area contributed by atoms with Crippen molar-refractivity contribution in [3.8, 4) is 44.5 Å². The van der Waals surface area contributed by atoms with Crippen LogP contribution in [0.3, 0.4) is 0 Å². The first-order chi connectivity index (χ1) is 22.0. The minimum atomic E-state index is -0.365. The molecular weight excluding hydrogens is 608 g/mol. The monoisotopic (exact) mass is 636 g/mol. The lowest BCUT2D eigenvalue weighted by Gasteiger charge is -2.31. The fourth-order valence-corrected chi connectivity index (χ4v) is 9.25. The molecule has 0 atom stereocenters. The quantitative estimate of drug-likeness (QED) is 0.168. The van der Waals surface area contributed by atoms with E-state index in [0.29, 0.717) is 0 Å². The van der Waals surface area contributed by atoms with Crippen molar-refractivity contribution in [1.82, 2.24) is 0 Å². The highest BCUT2D eigenvalue weighted by Gasteiger charge is 2.51. The third kappa shape index (κ3) is 3.17. The fraction of sp³-hybridized carbons (Fsp3) is 0.0909. The van der Waals surface area contributed by atoms with Crippen LogP contribution in [0.5, 0.6) is 0 Å². The molecule has 0 saturated carbocycles. The van der Waals surface area contributed by atoms with Gasteiger partial charge in [-0.3, -0.25) is 0 Å². The van der Waals surface area contributed by atoms with E-state index in [9.17, 15) is 0 Å². The first-order valence-electron chi connectivity index (χ1n) is 15.8. The molecule has 0 aliphatic heterocycles. The molecule has 212 valence electrons. The van der Waals surface area contributed by atoms with E-state index in [2.05, 4.69) is 169 Å². The van der Waals surface area contributed by atoms with Crippen molar-refractivity contribution in [2.45, 2.75) is 24.7 Å². The van der Waals surface area contributed by atoms with Gasteiger partial charge in [0.25, 0.3) is 0 Å². The summed E-state index contributed by atoms with van der Waals surface area (Å²) in [6.45, 7) is 4.72. The highest BCUT2D eigenvalue weighted by atomic mass is 79.9. The molecule has 0 amide bonds. The minimum Gasteiger partial charge on any atom is -0.0619 e. The number of halogens is 1. The molecule has 45 heavy (non-hydrogen) atoms. The summed E-state index contributed by atoms with van der Waals surface area (Å²) in [6, 6.07) is 52.9. The van der Waals surface area contributed by atoms with E-state index in [1.165, 1.54) is 88.7 Å². The lowest BCUT2D eigenvalue weighted by molar-refractivity contribution is 0.660. The van der Waals surface area contributed by atoms with Crippen LogP contribution in [-0.2, 0) is 10.8 Å². The number of hydrogen-bond donors (Lipinski definition) is 0. The molecule has 0 radical (unpaired) electrons. The number of fused-ring (bicyclic) bond motifs is 14. The van der Waals surface area contributed by atoms with Crippen LogP contribution in [0.2, 0.25) is 0 Å². The molecule has 0 aromatic heterocycles. The molecule has 3 aliphatic carbocycles. The molecule has 1 spiro atoms. The third-order valence-corrected chi connectivity index (χ3v) is 11.4. The summed E-state index contributed by atoms with van der Waals surface area (Å²) in [5.74, 6) is 0. The number of benzene rings is 7. The Morgan fingerprint density at radius 2 is 0.844 bits per heavy atom. The zero-order valence-corrected chi connectivity index (χ0v) is 26.7. The lowest BCUT2D eigenvalue weighted by atomic mass is 9.70. The van der Waals surface area contributed by atoms with E-state index in [-0.39, 0.29) is 10.8 Å². The summed E-state index contributed by atoms with van der Waals surface area (Å²) < 4.78 is 1.13. The summed E-state index contributed by atoms with van der Waals surface area (Å²) in [7, 11) is 0. The summed E-state index contributed by atoms with van der Waals surface area (Å²) in [6.07, 6.45) is 0. The molecule has 1 heteroatoms. The van der Waals surface area contributed by atoms with Gasteiger partial charge in [0.15, 0.2) is 0 Å². The number of hydrogen-bond acceptors (Lipinski definition) is 0. The van der Waals surface area contributed by atoms with Crippen LogP contribution in [0.1, 0.15) is 47.2 Å². The van der Waals surface area contributed by atoms with Gasteiger partial charge in [-0.25, -0.2) is 0 Å². The van der Waals surface area contributed by atoms with Gasteiger partial charge in [-0.15, -0.1) is 0 Å². The standard InChI is InChI=1S/C44H29Br/c1-43(2)39-22-28(15-18-33(39)34-20-17-30(45)25-40(34)43)29-16-19-35-36-21-26-9-3-4-10-27(26)23-42(36)44(41(35)24-29)37-13-7-5-11-31(37)32-12-6-8-14-38(32)44/h3-25H,1-2H3. The Balaban J connectivity index is 1.25. The van der Waals surface area contributed by atoms with Crippen LogP contribution in [0.15, 0.2) is 144 Å². The van der Waals surface area contributed by atoms with Gasteiger partial charge in [0.05, 0.1) is 5.41 Å². The molecule has 0 nitrogen and oxygen atoms in total. The van der Waals surface area contributed by atoms with Crippen LogP contribution in [0, 0.1) is 0 Å². The van der Waals surface area contributed by atoms with Crippen molar-refractivity contribution >= 4 is 26.7 Å². The van der Waals surface area contributed by atoms with Crippen molar-refractivity contribution < 1.29 is 0 Å². The van der Waals surface area contributed by atoms with Gasteiger partial charge in [-0.05, 0) is 125 Å². The van der Waals surface area contributed by atoms with Gasteiger partial charge in [0.2, 0.25) is 0 Å². The van der Waals surface area contributed by atoms with Gasteiger partial charge in [0, 0.05) is 9.89 Å². The van der Waals surface area contributed by atoms with Gasteiger partial charge in [0.1, 0.15) is 0 Å². The van der Waals surface area contributed by atoms with Crippen molar-refractivity contribution in [3.63, 3.8) is 0 Å². The maximum atomic E-state index is 3.72. The molecule has 7 aromatic rings. The van der Waals surface area contributed by atoms with Crippen molar-refractivity contribution in [2.75, 3.05) is 0 Å². The van der Waals surface area contributed by atoms with Crippen LogP contribution in [0.25, 0.3) is 55.3 Å². The molecule has 0 N–H and O–H groups in total. The Morgan fingerprint density at radius 3 is 1.51 bits per heavy atom. The SMILES string of the molecule is CC1(C)c2cc(Br)ccc2-c2ccc(-c3ccc4c(c3)C3(c5ccccc5-c5ccccc53)c3cc5ccccc5cc3-4)cc21. The maximum Gasteiger partial charge on any atom is 0.0725 e. The average Bonchev–Trinajstić information content (AvgIpc) is 3.61. The highest BCUT2D eigenvalue weighted by molar-refractivity contribution is 9.10. The molecule has 3 aliphatic rings. The highest BCUT2D eigenvalue weighted by Crippen LogP contribution is 2.63. The molecular formula is C44H29Br. The maximum absolute atomic E-state index is 3.72. The molecule has 0 saturated heterocycles. The molecule has 0 heterocycles. The van der Waals surface area contributed by atoms with Crippen LogP contribution in [0.4, 0.5) is 0 Å². The summed E-state index contributed by atoms with van der Waals surface area (Å²) >= 11 is 3.72. The average molecular weight is 638 g/mol. The zero-order chi connectivity index (χ0) is 30.1. The molecule has 0 fully saturated rings. The second-order valence-corrected chi connectivity index (χ2v) is 14.3. The first-order valence-corrected chi connectivity index (χ1v) is 16.6. The Labute approximate surface area is 272 Å². The van der Waals surface area contributed by atoms with E-state index >= 15 is 0 Å². The van der Waals surface area contributed by atoms with E-state index in [0.717, 1.165) is 4.47 Å². The van der Waals surface area contributed by atoms with Gasteiger partial charge in [-0.2, -0.15) is 0 Å². The molecule has 7 aromatic carbocycles. The zero-order valence-electron chi connectivity index (χ0n) is 25.2. The predicted molar refractivity (Wildman–Crippen MR) is 191 cm³/mol. The van der Waals surface area contributed by atoms with Crippen LogP contribution in [-0.4, -0.2) is 0 Å². The largest absolute Gasteiger partial charge is 0.0725 e. The number of rotatable bonds is 1. The molecule has 0 bridgehead atoms. The lowest BCUT2D eigenvalue weighted by Crippen LogP contribution is -2.25. The third-order valence-electron chi connectivity index (χ3n) is 10.9. The second-order valence-electron chi connectivity index (χ2n) is 13.4. The van der Waals surface area contributed by atoms with Gasteiger partial charge < -0.3 is 0 Å². The van der Waals surface area contributed by atoms with Crippen molar-refractivity contribution in [3.05, 3.63) is 177 Å². The first kappa shape index (κ1) is 25.6. The summed E-state index contributed by atoms with van der Waals surface area (Å²) in [4.78, 5) is 0. The van der Waals surface area contributed by atoms with Crippen molar-refractivity contribution in [1.29, 1.82) is 0 Å². The normalized spacial score (nSPS) is 15.4. The minimum absolute atomic E-state index is 0.0674. The van der Waals surface area contributed by atoms with E-state index in [4.69, 9.17) is 0 Å². The Bertz CT molecular complexity index is 2380. The fourth-order valence-electron chi connectivity index (χ4n) is 8.89. The van der Waals surface area contributed by atoms with E-state index in [1.807, 2.05) is 0 Å². The Kier molecular flexibility index (Phi) is 4.95. The van der Waals surface area contributed by atoms with Crippen molar-refractivity contribution in [2.24, 2.45) is 0 Å². The Hall–Kier alpha value is -4.72.